The quantitative estimate of drug-likeness (QED) is 0.337. The molecule has 34 heavy (non-hydrogen) atoms. The average molecular weight is 522 g/mol. The Labute approximate surface area is 199 Å². The number of rotatable bonds is 5. The van der Waals surface area contributed by atoms with E-state index in [1.807, 2.05) is 0 Å². The van der Waals surface area contributed by atoms with Crippen LogP contribution in [0.2, 0.25) is 10.0 Å². The van der Waals surface area contributed by atoms with Crippen LogP contribution in [0.25, 0.3) is 28.3 Å². The molecule has 0 bridgehead atoms. The van der Waals surface area contributed by atoms with Crippen molar-refractivity contribution in [3.63, 3.8) is 0 Å². The van der Waals surface area contributed by atoms with Crippen molar-refractivity contribution in [3.8, 4) is 17.3 Å². The summed E-state index contributed by atoms with van der Waals surface area (Å²) in [6.07, 6.45) is 1.39. The van der Waals surface area contributed by atoms with Crippen LogP contribution < -0.4 is 5.43 Å². The first-order valence-electron chi connectivity index (χ1n) is 9.36. The van der Waals surface area contributed by atoms with E-state index in [2.05, 4.69) is 20.5 Å². The van der Waals surface area contributed by atoms with Crippen molar-refractivity contribution in [1.82, 2.24) is 25.2 Å². The Morgan fingerprint density at radius 2 is 1.74 bits per heavy atom. The lowest BCUT2D eigenvalue weighted by molar-refractivity contribution is 0.428. The van der Waals surface area contributed by atoms with Crippen LogP contribution in [0, 0.1) is 5.82 Å². The van der Waals surface area contributed by atoms with Crippen LogP contribution in [-0.4, -0.2) is 33.6 Å². The van der Waals surface area contributed by atoms with Gasteiger partial charge in [0.15, 0.2) is 11.2 Å². The lowest BCUT2D eigenvalue weighted by atomic mass is 10.2. The topological polar surface area (TPSA) is 134 Å². The Morgan fingerprint density at radius 3 is 2.50 bits per heavy atom. The predicted molar refractivity (Wildman–Crippen MR) is 118 cm³/mol. The standard InChI is InChI=1S/C20H10Cl2FN5O5S/c21-10-3-11(22)5-14(4-10)28-8-13(24-27-28)9-34(30,31)20-26-25-19(33-20)18-7-16(29)15-6-12(23)1-2-17(15)32-18/h1-8H,9H2. The highest BCUT2D eigenvalue weighted by atomic mass is 35.5. The molecule has 2 aromatic carbocycles. The van der Waals surface area contributed by atoms with E-state index in [4.69, 9.17) is 32.0 Å². The molecule has 0 saturated heterocycles. The van der Waals surface area contributed by atoms with Crippen molar-refractivity contribution in [3.05, 3.63) is 80.4 Å². The molecule has 0 unspecified atom stereocenters. The zero-order valence-corrected chi connectivity index (χ0v) is 19.0. The van der Waals surface area contributed by atoms with E-state index in [1.54, 1.807) is 12.1 Å². The molecule has 10 nitrogen and oxygen atoms in total. The van der Waals surface area contributed by atoms with Crippen molar-refractivity contribution in [2.24, 2.45) is 0 Å². The van der Waals surface area contributed by atoms with E-state index in [0.29, 0.717) is 15.7 Å². The normalized spacial score (nSPS) is 11.9. The largest absolute Gasteiger partial charge is 0.451 e. The summed E-state index contributed by atoms with van der Waals surface area (Å²) in [4.78, 5) is 12.3. The van der Waals surface area contributed by atoms with Gasteiger partial charge in [-0.1, -0.05) is 33.5 Å². The molecule has 5 rings (SSSR count). The molecule has 172 valence electrons. The summed E-state index contributed by atoms with van der Waals surface area (Å²) in [6, 6.07) is 9.11. The zero-order valence-electron chi connectivity index (χ0n) is 16.6. The van der Waals surface area contributed by atoms with E-state index in [9.17, 15) is 17.6 Å². The number of fused-ring (bicyclic) bond motifs is 1. The first-order chi connectivity index (χ1) is 16.2. The third-order valence-corrected chi connectivity index (χ3v) is 6.37. The molecule has 3 aromatic heterocycles. The molecule has 0 saturated carbocycles. The van der Waals surface area contributed by atoms with E-state index in [-0.39, 0.29) is 28.3 Å². The first-order valence-corrected chi connectivity index (χ1v) is 11.8. The number of nitrogens with zero attached hydrogens (tertiary/aromatic N) is 5. The van der Waals surface area contributed by atoms with E-state index < -0.39 is 32.1 Å². The summed E-state index contributed by atoms with van der Waals surface area (Å²) in [5.74, 6) is -1.70. The SMILES string of the molecule is O=c1cc(-c2nnc(S(=O)(=O)Cc3cn(-c4cc(Cl)cc(Cl)c4)nn3)o2)oc2ccc(F)cc12. The van der Waals surface area contributed by atoms with Gasteiger partial charge in [-0.15, -0.1) is 10.2 Å². The first kappa shape index (κ1) is 22.2. The summed E-state index contributed by atoms with van der Waals surface area (Å²) < 4.78 is 51.0. The number of sulfone groups is 1. The minimum Gasteiger partial charge on any atom is -0.451 e. The fourth-order valence-electron chi connectivity index (χ4n) is 3.09. The van der Waals surface area contributed by atoms with Gasteiger partial charge in [0.25, 0.3) is 5.89 Å². The number of hydrogen-bond donors (Lipinski definition) is 0. The number of aromatic nitrogens is 5. The maximum Gasteiger partial charge on any atom is 0.336 e. The summed E-state index contributed by atoms with van der Waals surface area (Å²) in [6.45, 7) is 0. The molecule has 0 atom stereocenters. The maximum absolute atomic E-state index is 13.4. The van der Waals surface area contributed by atoms with Gasteiger partial charge in [0, 0.05) is 16.1 Å². The smallest absolute Gasteiger partial charge is 0.336 e. The van der Waals surface area contributed by atoms with Gasteiger partial charge in [0.2, 0.25) is 9.84 Å². The van der Waals surface area contributed by atoms with E-state index in [1.165, 1.54) is 23.0 Å². The predicted octanol–water partition coefficient (Wildman–Crippen LogP) is 3.84. The highest BCUT2D eigenvalue weighted by molar-refractivity contribution is 7.90. The van der Waals surface area contributed by atoms with Gasteiger partial charge < -0.3 is 8.83 Å². The van der Waals surface area contributed by atoms with Crippen molar-refractivity contribution >= 4 is 44.0 Å². The molecule has 0 radical (unpaired) electrons. The summed E-state index contributed by atoms with van der Waals surface area (Å²) >= 11 is 12.0. The second kappa shape index (κ2) is 8.31. The molecular formula is C20H10Cl2FN5O5S. The molecular weight excluding hydrogens is 512 g/mol. The number of benzene rings is 2. The van der Waals surface area contributed by atoms with Gasteiger partial charge in [0.05, 0.1) is 23.0 Å². The highest BCUT2D eigenvalue weighted by Crippen LogP contribution is 2.25. The van der Waals surface area contributed by atoms with Crippen molar-refractivity contribution in [2.75, 3.05) is 0 Å². The van der Waals surface area contributed by atoms with Gasteiger partial charge in [-0.25, -0.2) is 17.5 Å². The average Bonchev–Trinajstić information content (AvgIpc) is 3.44. The maximum atomic E-state index is 13.4. The highest BCUT2D eigenvalue weighted by Gasteiger charge is 2.26. The van der Waals surface area contributed by atoms with E-state index >= 15 is 0 Å². The van der Waals surface area contributed by atoms with Gasteiger partial charge in [0.1, 0.15) is 17.2 Å². The lowest BCUT2D eigenvalue weighted by Gasteiger charge is -2.01. The number of halogens is 3. The van der Waals surface area contributed by atoms with Gasteiger partial charge in [-0.05, 0) is 36.4 Å². The fourth-order valence-corrected chi connectivity index (χ4v) is 4.62. The van der Waals surface area contributed by atoms with Crippen LogP contribution in [0.3, 0.4) is 0 Å². The lowest BCUT2D eigenvalue weighted by Crippen LogP contribution is -2.06. The van der Waals surface area contributed by atoms with Gasteiger partial charge in [-0.2, -0.15) is 0 Å². The van der Waals surface area contributed by atoms with Crippen LogP contribution in [0.1, 0.15) is 5.69 Å². The van der Waals surface area contributed by atoms with Crippen LogP contribution in [0.5, 0.6) is 0 Å². The fraction of sp³-hybridized carbons (Fsp3) is 0.0500. The zero-order chi connectivity index (χ0) is 24.0. The molecule has 0 N–H and O–H groups in total. The molecule has 0 aliphatic heterocycles. The second-order valence-corrected chi connectivity index (χ2v) is 9.77. The monoisotopic (exact) mass is 521 g/mol. The Kier molecular flexibility index (Phi) is 5.42. The molecule has 0 aliphatic carbocycles. The van der Waals surface area contributed by atoms with Crippen molar-refractivity contribution < 1.29 is 21.6 Å². The summed E-state index contributed by atoms with van der Waals surface area (Å²) in [5, 5.41) is 15.0. The van der Waals surface area contributed by atoms with Crippen molar-refractivity contribution in [2.45, 2.75) is 11.0 Å². The minimum atomic E-state index is -4.12. The summed E-state index contributed by atoms with van der Waals surface area (Å²) in [7, 11) is -4.12. The van der Waals surface area contributed by atoms with Crippen LogP contribution >= 0.6 is 23.2 Å². The Morgan fingerprint density at radius 1 is 0.971 bits per heavy atom. The molecule has 0 aliphatic rings. The van der Waals surface area contributed by atoms with Gasteiger partial charge in [-0.3, -0.25) is 4.79 Å². The molecule has 5 aromatic rings. The summed E-state index contributed by atoms with van der Waals surface area (Å²) in [5.41, 5.74) is 0.0929. The van der Waals surface area contributed by atoms with Gasteiger partial charge >= 0.3 is 5.22 Å². The third kappa shape index (κ3) is 4.30. The van der Waals surface area contributed by atoms with Crippen molar-refractivity contribution in [1.29, 1.82) is 0 Å². The Bertz CT molecular complexity index is 1710. The van der Waals surface area contributed by atoms with Crippen LogP contribution in [0.4, 0.5) is 4.39 Å². The minimum absolute atomic E-state index is 0.0141. The molecule has 0 amide bonds. The molecule has 0 spiro atoms. The Hall–Kier alpha value is -3.61. The second-order valence-electron chi connectivity index (χ2n) is 7.03. The molecule has 3 heterocycles. The molecule has 14 heteroatoms. The molecule has 0 fully saturated rings. The number of hydrogen-bond acceptors (Lipinski definition) is 9. The van der Waals surface area contributed by atoms with E-state index in [0.717, 1.165) is 18.2 Å². The van der Waals surface area contributed by atoms with Crippen LogP contribution in [-0.2, 0) is 15.6 Å². The third-order valence-electron chi connectivity index (χ3n) is 4.56. The van der Waals surface area contributed by atoms with Crippen LogP contribution in [0.15, 0.2) is 67.5 Å². The Balaban J connectivity index is 1.42.